The van der Waals surface area contributed by atoms with Crippen LogP contribution in [0.4, 0.5) is 0 Å². The minimum atomic E-state index is -0.701. The van der Waals surface area contributed by atoms with E-state index in [9.17, 15) is 0 Å². The van der Waals surface area contributed by atoms with Crippen molar-refractivity contribution in [1.82, 2.24) is 10.1 Å². The minimum absolute atomic E-state index is 0.143. The fraction of sp³-hybridized carbons (Fsp3) is 0.857. The van der Waals surface area contributed by atoms with Gasteiger partial charge in [0.25, 0.3) is 0 Å². The van der Waals surface area contributed by atoms with Crippen molar-refractivity contribution in [2.45, 2.75) is 64.5 Å². The number of nitrogens with two attached hydrogens (primary N) is 1. The summed E-state index contributed by atoms with van der Waals surface area (Å²) in [6.45, 7) is 8.48. The minimum Gasteiger partial charge on any atom is -0.376 e. The van der Waals surface area contributed by atoms with Crippen LogP contribution in [0.1, 0.15) is 64.6 Å². The summed E-state index contributed by atoms with van der Waals surface area (Å²) < 4.78 is 11.0. The second-order valence-corrected chi connectivity index (χ2v) is 6.25. The summed E-state index contributed by atoms with van der Waals surface area (Å²) in [4.78, 5) is 4.51. The van der Waals surface area contributed by atoms with Crippen LogP contribution in [-0.2, 0) is 10.3 Å². The molecule has 108 valence electrons. The van der Waals surface area contributed by atoms with Crippen LogP contribution in [0.5, 0.6) is 0 Å². The van der Waals surface area contributed by atoms with Crippen LogP contribution in [0.3, 0.4) is 0 Å². The summed E-state index contributed by atoms with van der Waals surface area (Å²) in [5.41, 5.74) is 5.52. The molecule has 5 nitrogen and oxygen atoms in total. The molecule has 1 saturated carbocycles. The van der Waals surface area contributed by atoms with E-state index in [0.717, 1.165) is 12.3 Å². The Morgan fingerprint density at radius 3 is 2.79 bits per heavy atom. The van der Waals surface area contributed by atoms with Gasteiger partial charge in [-0.25, -0.2) is 0 Å². The van der Waals surface area contributed by atoms with Crippen molar-refractivity contribution in [3.63, 3.8) is 0 Å². The third-order valence-corrected chi connectivity index (χ3v) is 3.85. The number of ether oxygens (including phenoxy) is 1. The lowest BCUT2D eigenvalue weighted by Gasteiger charge is -2.21. The van der Waals surface area contributed by atoms with Gasteiger partial charge in [0.05, 0.1) is 12.7 Å². The first-order valence-corrected chi connectivity index (χ1v) is 7.14. The summed E-state index contributed by atoms with van der Waals surface area (Å²) >= 11 is 0. The Balaban J connectivity index is 2.07. The molecule has 2 N–H and O–H groups in total. The maximum atomic E-state index is 6.22. The van der Waals surface area contributed by atoms with Crippen molar-refractivity contribution in [3.8, 4) is 0 Å². The van der Waals surface area contributed by atoms with Gasteiger partial charge in [0.15, 0.2) is 5.82 Å². The highest BCUT2D eigenvalue weighted by Gasteiger charge is 2.33. The number of hydrogen-bond acceptors (Lipinski definition) is 5. The Labute approximate surface area is 114 Å². The third-order valence-electron chi connectivity index (χ3n) is 3.85. The molecule has 1 aliphatic carbocycles. The van der Waals surface area contributed by atoms with Gasteiger partial charge in [0.2, 0.25) is 5.89 Å². The lowest BCUT2D eigenvalue weighted by atomic mass is 9.98. The van der Waals surface area contributed by atoms with E-state index < -0.39 is 5.54 Å². The summed E-state index contributed by atoms with van der Waals surface area (Å²) in [6.07, 6.45) is 3.75. The van der Waals surface area contributed by atoms with E-state index in [4.69, 9.17) is 15.0 Å². The molecule has 0 amide bonds. The van der Waals surface area contributed by atoms with Gasteiger partial charge >= 0.3 is 0 Å². The summed E-state index contributed by atoms with van der Waals surface area (Å²) in [5, 5.41) is 4.05. The third kappa shape index (κ3) is 3.34. The van der Waals surface area contributed by atoms with Gasteiger partial charge in [-0.2, -0.15) is 4.98 Å². The molecule has 0 aliphatic heterocycles. The highest BCUT2D eigenvalue weighted by atomic mass is 16.5. The summed E-state index contributed by atoms with van der Waals surface area (Å²) in [6, 6.07) is 0. The first kappa shape index (κ1) is 14.5. The van der Waals surface area contributed by atoms with Crippen LogP contribution in [0.25, 0.3) is 0 Å². The van der Waals surface area contributed by atoms with Crippen LogP contribution in [0.15, 0.2) is 4.52 Å². The first-order chi connectivity index (χ1) is 8.90. The molecule has 1 aliphatic rings. The van der Waals surface area contributed by atoms with Crippen LogP contribution in [0.2, 0.25) is 0 Å². The molecular weight excluding hydrogens is 242 g/mol. The summed E-state index contributed by atoms with van der Waals surface area (Å²) in [7, 11) is 0. The Hall–Kier alpha value is -0.940. The van der Waals surface area contributed by atoms with Crippen LogP contribution < -0.4 is 5.73 Å². The van der Waals surface area contributed by atoms with E-state index in [1.54, 1.807) is 0 Å². The van der Waals surface area contributed by atoms with Gasteiger partial charge in [-0.15, -0.1) is 0 Å². The topological polar surface area (TPSA) is 74.2 Å². The average molecular weight is 267 g/mol. The number of hydrogen-bond donors (Lipinski definition) is 1. The van der Waals surface area contributed by atoms with Gasteiger partial charge in [0, 0.05) is 5.92 Å². The number of aromatic nitrogens is 2. The van der Waals surface area contributed by atoms with Crippen molar-refractivity contribution in [2.24, 2.45) is 11.7 Å². The Morgan fingerprint density at radius 1 is 1.47 bits per heavy atom. The van der Waals surface area contributed by atoms with Crippen molar-refractivity contribution in [3.05, 3.63) is 11.7 Å². The maximum Gasteiger partial charge on any atom is 0.230 e. The quantitative estimate of drug-likeness (QED) is 0.887. The second kappa shape index (κ2) is 5.59. The molecule has 0 aromatic carbocycles. The van der Waals surface area contributed by atoms with Crippen molar-refractivity contribution in [1.29, 1.82) is 0 Å². The molecular formula is C14H25N3O2. The van der Waals surface area contributed by atoms with Gasteiger partial charge in [-0.1, -0.05) is 18.5 Å². The van der Waals surface area contributed by atoms with Crippen LogP contribution >= 0.6 is 0 Å². The molecule has 0 spiro atoms. The van der Waals surface area contributed by atoms with E-state index in [2.05, 4.69) is 17.1 Å². The Kier molecular flexibility index (Phi) is 4.26. The smallest absolute Gasteiger partial charge is 0.230 e. The molecule has 5 heteroatoms. The zero-order valence-electron chi connectivity index (χ0n) is 12.3. The summed E-state index contributed by atoms with van der Waals surface area (Å²) in [5.74, 6) is 2.29. The average Bonchev–Trinajstić information content (AvgIpc) is 2.94. The predicted molar refractivity (Wildman–Crippen MR) is 72.7 cm³/mol. The maximum absolute atomic E-state index is 6.22. The molecule has 0 saturated heterocycles. The van der Waals surface area contributed by atoms with Crippen LogP contribution in [0, 0.1) is 5.92 Å². The Bertz CT molecular complexity index is 415. The van der Waals surface area contributed by atoms with Crippen molar-refractivity contribution < 1.29 is 9.26 Å². The zero-order valence-corrected chi connectivity index (χ0v) is 12.3. The molecule has 0 radical (unpaired) electrons. The standard InChI is InChI=1S/C14H25N3O2/c1-9(2)18-8-14(4,15)13-16-12(19-17-13)11-7-5-6-10(11)3/h9-11H,5-8,15H2,1-4H3. The van der Waals surface area contributed by atoms with Gasteiger partial charge in [-0.3, -0.25) is 0 Å². The normalized spacial score (nSPS) is 26.8. The van der Waals surface area contributed by atoms with Gasteiger partial charge in [0.1, 0.15) is 5.54 Å². The number of rotatable bonds is 5. The van der Waals surface area contributed by atoms with E-state index in [0.29, 0.717) is 24.3 Å². The molecule has 1 heterocycles. The predicted octanol–water partition coefficient (Wildman–Crippen LogP) is 2.57. The first-order valence-electron chi connectivity index (χ1n) is 7.14. The molecule has 2 rings (SSSR count). The number of nitrogens with zero attached hydrogens (tertiary/aromatic N) is 2. The van der Waals surface area contributed by atoms with Crippen molar-refractivity contribution >= 4 is 0 Å². The van der Waals surface area contributed by atoms with Crippen LogP contribution in [-0.4, -0.2) is 22.9 Å². The molecule has 1 aromatic rings. The lowest BCUT2D eigenvalue weighted by Crippen LogP contribution is -2.40. The van der Waals surface area contributed by atoms with E-state index in [1.807, 2.05) is 20.8 Å². The van der Waals surface area contributed by atoms with Gasteiger partial charge in [-0.05, 0) is 39.5 Å². The zero-order chi connectivity index (χ0) is 14.0. The van der Waals surface area contributed by atoms with E-state index >= 15 is 0 Å². The SMILES string of the molecule is CC(C)OCC(C)(N)c1noc(C2CCCC2C)n1. The van der Waals surface area contributed by atoms with E-state index in [1.165, 1.54) is 12.8 Å². The Morgan fingerprint density at radius 2 is 2.21 bits per heavy atom. The van der Waals surface area contributed by atoms with Gasteiger partial charge < -0.3 is 15.0 Å². The molecule has 19 heavy (non-hydrogen) atoms. The highest BCUT2D eigenvalue weighted by Crippen LogP contribution is 2.38. The van der Waals surface area contributed by atoms with E-state index in [-0.39, 0.29) is 6.10 Å². The second-order valence-electron chi connectivity index (χ2n) is 6.25. The molecule has 0 bridgehead atoms. The fourth-order valence-electron chi connectivity index (χ4n) is 2.53. The molecule has 3 unspecified atom stereocenters. The highest BCUT2D eigenvalue weighted by molar-refractivity contribution is 5.05. The fourth-order valence-corrected chi connectivity index (χ4v) is 2.53. The van der Waals surface area contributed by atoms with Crippen molar-refractivity contribution in [2.75, 3.05) is 6.61 Å². The monoisotopic (exact) mass is 267 g/mol. The largest absolute Gasteiger partial charge is 0.376 e. The lowest BCUT2D eigenvalue weighted by molar-refractivity contribution is 0.0410. The molecule has 1 fully saturated rings. The molecule has 3 atom stereocenters. The molecule has 1 aromatic heterocycles.